The number of carbonyl (C=O) groups is 1. The van der Waals surface area contributed by atoms with Crippen molar-refractivity contribution < 1.29 is 4.79 Å². The normalized spacial score (nSPS) is 10.4. The molecule has 0 fully saturated rings. The van der Waals surface area contributed by atoms with E-state index in [1.165, 1.54) is 0 Å². The van der Waals surface area contributed by atoms with Crippen LogP contribution in [0, 0.1) is 0 Å². The monoisotopic (exact) mass is 258 g/mol. The van der Waals surface area contributed by atoms with Gasteiger partial charge >= 0.3 is 0 Å². The first-order chi connectivity index (χ1) is 9.31. The molecule has 2 rings (SSSR count). The van der Waals surface area contributed by atoms with Gasteiger partial charge in [-0.3, -0.25) is 4.79 Å². The Balaban J connectivity index is 2.06. The zero-order chi connectivity index (χ0) is 13.5. The van der Waals surface area contributed by atoms with Crippen LogP contribution in [0.25, 0.3) is 5.69 Å². The Kier molecular flexibility index (Phi) is 4.69. The minimum absolute atomic E-state index is 0.0230. The molecule has 0 bridgehead atoms. The Morgan fingerprint density at radius 1 is 1.32 bits per heavy atom. The molecule has 0 saturated carbocycles. The number of para-hydroxylation sites is 2. The lowest BCUT2D eigenvalue weighted by atomic mass is 10.2. The number of nitrogens with zero attached hydrogens (tertiary/aromatic N) is 2. The van der Waals surface area contributed by atoms with Gasteiger partial charge < -0.3 is 10.6 Å². The van der Waals surface area contributed by atoms with E-state index in [1.807, 2.05) is 43.6 Å². The molecule has 2 N–H and O–H groups in total. The van der Waals surface area contributed by atoms with Gasteiger partial charge in [0.05, 0.1) is 11.4 Å². The van der Waals surface area contributed by atoms with E-state index in [4.69, 9.17) is 0 Å². The second kappa shape index (κ2) is 6.70. The second-order valence-electron chi connectivity index (χ2n) is 4.22. The molecule has 1 amide bonds. The van der Waals surface area contributed by atoms with Gasteiger partial charge in [0.2, 0.25) is 5.91 Å². The number of nitrogens with one attached hydrogen (secondary N) is 2. The lowest BCUT2D eigenvalue weighted by molar-refractivity contribution is -0.116. The summed E-state index contributed by atoms with van der Waals surface area (Å²) in [5, 5.41) is 10.1. The van der Waals surface area contributed by atoms with Gasteiger partial charge in [-0.25, -0.2) is 4.68 Å². The molecule has 100 valence electrons. The van der Waals surface area contributed by atoms with Crippen molar-refractivity contribution >= 4 is 11.6 Å². The van der Waals surface area contributed by atoms with Gasteiger partial charge in [-0.2, -0.15) is 5.10 Å². The summed E-state index contributed by atoms with van der Waals surface area (Å²) in [7, 11) is 1.88. The third-order valence-corrected chi connectivity index (χ3v) is 2.76. The molecule has 0 aliphatic rings. The number of carbonyl (C=O) groups excluding carboxylic acids is 1. The number of hydrogen-bond donors (Lipinski definition) is 2. The number of anilines is 1. The lowest BCUT2D eigenvalue weighted by Crippen LogP contribution is -2.16. The first kappa shape index (κ1) is 13.3. The summed E-state index contributed by atoms with van der Waals surface area (Å²) < 4.78 is 1.74. The van der Waals surface area contributed by atoms with E-state index in [9.17, 15) is 4.79 Å². The highest BCUT2D eigenvalue weighted by Crippen LogP contribution is 2.19. The summed E-state index contributed by atoms with van der Waals surface area (Å²) in [6.07, 6.45) is 4.90. The summed E-state index contributed by atoms with van der Waals surface area (Å²) in [5.41, 5.74) is 1.65. The largest absolute Gasteiger partial charge is 0.324 e. The molecule has 0 unspecified atom stereocenters. The number of aromatic nitrogens is 2. The maximum absolute atomic E-state index is 11.8. The molecule has 0 spiro atoms. The topological polar surface area (TPSA) is 59.0 Å². The minimum atomic E-state index is 0.0230. The summed E-state index contributed by atoms with van der Waals surface area (Å²) >= 11 is 0. The van der Waals surface area contributed by atoms with Crippen molar-refractivity contribution in [1.29, 1.82) is 0 Å². The van der Waals surface area contributed by atoms with Gasteiger partial charge in [-0.1, -0.05) is 12.1 Å². The van der Waals surface area contributed by atoms with Gasteiger partial charge in [0.15, 0.2) is 0 Å². The maximum Gasteiger partial charge on any atom is 0.224 e. The predicted molar refractivity (Wildman–Crippen MR) is 75.4 cm³/mol. The van der Waals surface area contributed by atoms with Crippen LogP contribution in [-0.4, -0.2) is 29.3 Å². The van der Waals surface area contributed by atoms with Crippen LogP contribution in [0.4, 0.5) is 5.69 Å². The Bertz CT molecular complexity index is 522. The minimum Gasteiger partial charge on any atom is -0.324 e. The molecule has 0 saturated heterocycles. The first-order valence-corrected chi connectivity index (χ1v) is 6.35. The molecule has 1 aromatic heterocycles. The van der Waals surface area contributed by atoms with Crippen LogP contribution in [0.2, 0.25) is 0 Å². The number of benzene rings is 1. The molecule has 0 aliphatic carbocycles. The Morgan fingerprint density at radius 2 is 2.16 bits per heavy atom. The molecule has 5 heteroatoms. The van der Waals surface area contributed by atoms with Crippen molar-refractivity contribution in [2.45, 2.75) is 12.8 Å². The van der Waals surface area contributed by atoms with E-state index in [1.54, 1.807) is 10.9 Å². The van der Waals surface area contributed by atoms with E-state index in [0.717, 1.165) is 24.3 Å². The zero-order valence-electron chi connectivity index (χ0n) is 11.0. The molecule has 0 radical (unpaired) electrons. The van der Waals surface area contributed by atoms with Crippen LogP contribution in [0.3, 0.4) is 0 Å². The van der Waals surface area contributed by atoms with Crippen LogP contribution < -0.4 is 10.6 Å². The first-order valence-electron chi connectivity index (χ1n) is 6.35. The second-order valence-corrected chi connectivity index (χ2v) is 4.22. The summed E-state index contributed by atoms with van der Waals surface area (Å²) in [6.45, 7) is 0.841. The SMILES string of the molecule is CNCCCC(=O)Nc1ccccc1-n1cccn1. The highest BCUT2D eigenvalue weighted by molar-refractivity contribution is 5.92. The Labute approximate surface area is 112 Å². The number of amides is 1. The van der Waals surface area contributed by atoms with Crippen molar-refractivity contribution in [2.24, 2.45) is 0 Å². The fourth-order valence-corrected chi connectivity index (χ4v) is 1.83. The van der Waals surface area contributed by atoms with Crippen LogP contribution in [0.15, 0.2) is 42.7 Å². The molecule has 19 heavy (non-hydrogen) atoms. The summed E-state index contributed by atoms with van der Waals surface area (Å²) in [6, 6.07) is 9.48. The third kappa shape index (κ3) is 3.66. The van der Waals surface area contributed by atoms with Crippen LogP contribution in [0.5, 0.6) is 0 Å². The average Bonchev–Trinajstić information content (AvgIpc) is 2.93. The van der Waals surface area contributed by atoms with Crippen molar-refractivity contribution in [2.75, 3.05) is 18.9 Å². The van der Waals surface area contributed by atoms with Crippen molar-refractivity contribution in [1.82, 2.24) is 15.1 Å². The highest BCUT2D eigenvalue weighted by atomic mass is 16.1. The molecule has 1 aromatic carbocycles. The quantitative estimate of drug-likeness (QED) is 0.777. The molecule has 0 aliphatic heterocycles. The average molecular weight is 258 g/mol. The van der Waals surface area contributed by atoms with Crippen LogP contribution in [-0.2, 0) is 4.79 Å². The third-order valence-electron chi connectivity index (χ3n) is 2.76. The standard InChI is InChI=1S/C14H18N4O/c1-15-9-4-8-14(19)17-12-6-2-3-7-13(12)18-11-5-10-16-18/h2-3,5-7,10-11,15H,4,8-9H2,1H3,(H,17,19). The van der Waals surface area contributed by atoms with Crippen LogP contribution >= 0.6 is 0 Å². The van der Waals surface area contributed by atoms with Crippen LogP contribution in [0.1, 0.15) is 12.8 Å². The smallest absolute Gasteiger partial charge is 0.224 e. The lowest BCUT2D eigenvalue weighted by Gasteiger charge is -2.10. The number of hydrogen-bond acceptors (Lipinski definition) is 3. The predicted octanol–water partition coefficient (Wildman–Crippen LogP) is 1.81. The van der Waals surface area contributed by atoms with E-state index in [2.05, 4.69) is 15.7 Å². The fraction of sp³-hybridized carbons (Fsp3) is 0.286. The molecule has 5 nitrogen and oxygen atoms in total. The van der Waals surface area contributed by atoms with Gasteiger partial charge in [0.1, 0.15) is 0 Å². The maximum atomic E-state index is 11.8. The van der Waals surface area contributed by atoms with E-state index in [-0.39, 0.29) is 5.91 Å². The molecule has 1 heterocycles. The van der Waals surface area contributed by atoms with Crippen molar-refractivity contribution in [3.8, 4) is 5.69 Å². The zero-order valence-corrected chi connectivity index (χ0v) is 11.0. The Hall–Kier alpha value is -2.14. The van der Waals surface area contributed by atoms with E-state index in [0.29, 0.717) is 6.42 Å². The fourth-order valence-electron chi connectivity index (χ4n) is 1.83. The molecule has 2 aromatic rings. The molecular formula is C14H18N4O. The van der Waals surface area contributed by atoms with E-state index < -0.39 is 0 Å². The summed E-state index contributed by atoms with van der Waals surface area (Å²) in [4.78, 5) is 11.8. The van der Waals surface area contributed by atoms with E-state index >= 15 is 0 Å². The molecule has 0 atom stereocenters. The van der Waals surface area contributed by atoms with Crippen molar-refractivity contribution in [3.63, 3.8) is 0 Å². The van der Waals surface area contributed by atoms with Gasteiger partial charge in [0.25, 0.3) is 0 Å². The van der Waals surface area contributed by atoms with Gasteiger partial charge in [-0.05, 0) is 38.2 Å². The van der Waals surface area contributed by atoms with Gasteiger partial charge in [-0.15, -0.1) is 0 Å². The number of rotatable bonds is 6. The van der Waals surface area contributed by atoms with Gasteiger partial charge in [0, 0.05) is 18.8 Å². The molecular weight excluding hydrogens is 240 g/mol. The van der Waals surface area contributed by atoms with Crippen molar-refractivity contribution in [3.05, 3.63) is 42.7 Å². The summed E-state index contributed by atoms with van der Waals surface area (Å²) in [5.74, 6) is 0.0230. The highest BCUT2D eigenvalue weighted by Gasteiger charge is 2.07. The Morgan fingerprint density at radius 3 is 2.89 bits per heavy atom.